The number of carbonyl (C=O) groups excluding carboxylic acids is 1. The van der Waals surface area contributed by atoms with Crippen LogP contribution in [0.15, 0.2) is 28.7 Å². The molecule has 1 aromatic carbocycles. The molecule has 1 aliphatic heterocycles. The Balaban J connectivity index is 1.85. The number of halogens is 1. The third kappa shape index (κ3) is 2.93. The third-order valence-electron chi connectivity index (χ3n) is 4.59. The lowest BCUT2D eigenvalue weighted by Gasteiger charge is -2.34. The Kier molecular flexibility index (Phi) is 4.64. The zero-order chi connectivity index (χ0) is 17.3. The second kappa shape index (κ2) is 6.57. The molecule has 2 aromatic rings. The van der Waals surface area contributed by atoms with Crippen molar-refractivity contribution < 1.29 is 19.4 Å². The Morgan fingerprint density at radius 2 is 2.00 bits per heavy atom. The minimum absolute atomic E-state index is 0.0772. The Morgan fingerprint density at radius 1 is 1.33 bits per heavy atom. The zero-order valence-corrected chi connectivity index (χ0v) is 14.9. The van der Waals surface area contributed by atoms with Gasteiger partial charge in [0.2, 0.25) is 5.91 Å². The summed E-state index contributed by atoms with van der Waals surface area (Å²) in [5.41, 5.74) is 0.639. The fourth-order valence-corrected chi connectivity index (χ4v) is 3.70. The van der Waals surface area contributed by atoms with E-state index in [0.29, 0.717) is 13.2 Å². The van der Waals surface area contributed by atoms with E-state index in [1.807, 2.05) is 35.8 Å². The number of benzene rings is 1. The molecule has 0 saturated carbocycles. The van der Waals surface area contributed by atoms with Gasteiger partial charge < -0.3 is 19.7 Å². The van der Waals surface area contributed by atoms with Gasteiger partial charge in [0, 0.05) is 47.1 Å². The van der Waals surface area contributed by atoms with Crippen LogP contribution < -0.4 is 5.32 Å². The largest absolute Gasteiger partial charge is 0.480 e. The van der Waals surface area contributed by atoms with Crippen LogP contribution in [0, 0.1) is 6.92 Å². The van der Waals surface area contributed by atoms with E-state index in [0.717, 1.165) is 21.1 Å². The molecule has 1 saturated heterocycles. The van der Waals surface area contributed by atoms with E-state index in [4.69, 9.17) is 4.74 Å². The van der Waals surface area contributed by atoms with E-state index < -0.39 is 11.5 Å². The van der Waals surface area contributed by atoms with E-state index >= 15 is 0 Å². The summed E-state index contributed by atoms with van der Waals surface area (Å²) in [5.74, 6) is -1.31. The number of aliphatic carboxylic acids is 1. The lowest BCUT2D eigenvalue weighted by atomic mass is 9.90. The molecular weight excluding hydrogens is 376 g/mol. The van der Waals surface area contributed by atoms with E-state index in [1.54, 1.807) is 0 Å². The monoisotopic (exact) mass is 394 g/mol. The van der Waals surface area contributed by atoms with Crippen molar-refractivity contribution in [3.8, 4) is 0 Å². The van der Waals surface area contributed by atoms with Crippen LogP contribution in [-0.4, -0.2) is 40.3 Å². The highest BCUT2D eigenvalue weighted by Gasteiger charge is 2.41. The number of ether oxygens (including phenoxy) is 1. The second-order valence-electron chi connectivity index (χ2n) is 6.05. The molecule has 0 aliphatic carbocycles. The first-order valence-electron chi connectivity index (χ1n) is 7.80. The van der Waals surface area contributed by atoms with E-state index in [1.165, 1.54) is 0 Å². The van der Waals surface area contributed by atoms with Gasteiger partial charge in [0.25, 0.3) is 0 Å². The van der Waals surface area contributed by atoms with Gasteiger partial charge >= 0.3 is 5.97 Å². The summed E-state index contributed by atoms with van der Waals surface area (Å²) in [6.45, 7) is 2.68. The average molecular weight is 395 g/mol. The number of carboxylic acids is 1. The molecule has 1 amide bonds. The standard InChI is InChI=1S/C17H19BrN2O4/c1-11-15(18)12-4-2-3-5-13(12)20(11)10-14(21)19-17(16(22)23)6-8-24-9-7-17/h2-5H,6-10H2,1H3,(H,19,21)(H,22,23). The molecule has 7 heteroatoms. The molecule has 2 N–H and O–H groups in total. The first-order valence-corrected chi connectivity index (χ1v) is 8.59. The number of carbonyl (C=O) groups is 2. The molecule has 0 atom stereocenters. The minimum atomic E-state index is -1.23. The quantitative estimate of drug-likeness (QED) is 0.834. The molecule has 1 fully saturated rings. The SMILES string of the molecule is Cc1c(Br)c2ccccc2n1CC(=O)NC1(C(=O)O)CCOCC1. The van der Waals surface area contributed by atoms with Crippen LogP contribution in [0.5, 0.6) is 0 Å². The smallest absolute Gasteiger partial charge is 0.329 e. The number of hydrogen-bond acceptors (Lipinski definition) is 3. The fraction of sp³-hybridized carbons (Fsp3) is 0.412. The normalized spacial score (nSPS) is 16.9. The van der Waals surface area contributed by atoms with Crippen LogP contribution in [0.25, 0.3) is 10.9 Å². The number of aromatic nitrogens is 1. The molecule has 128 valence electrons. The highest BCUT2D eigenvalue weighted by Crippen LogP contribution is 2.30. The van der Waals surface area contributed by atoms with Crippen molar-refractivity contribution in [3.05, 3.63) is 34.4 Å². The van der Waals surface area contributed by atoms with Gasteiger partial charge in [-0.15, -0.1) is 0 Å². The van der Waals surface area contributed by atoms with Gasteiger partial charge in [-0.25, -0.2) is 4.79 Å². The van der Waals surface area contributed by atoms with Gasteiger partial charge in [0.05, 0.1) is 0 Å². The average Bonchev–Trinajstić information content (AvgIpc) is 2.81. The summed E-state index contributed by atoms with van der Waals surface area (Å²) in [7, 11) is 0. The number of nitrogens with zero attached hydrogens (tertiary/aromatic N) is 1. The summed E-state index contributed by atoms with van der Waals surface area (Å²) in [4.78, 5) is 24.2. The van der Waals surface area contributed by atoms with Crippen LogP contribution >= 0.6 is 15.9 Å². The molecule has 6 nitrogen and oxygen atoms in total. The second-order valence-corrected chi connectivity index (χ2v) is 6.84. The van der Waals surface area contributed by atoms with Crippen molar-refractivity contribution in [2.45, 2.75) is 31.8 Å². The molecule has 1 aromatic heterocycles. The van der Waals surface area contributed by atoms with Crippen molar-refractivity contribution in [2.75, 3.05) is 13.2 Å². The lowest BCUT2D eigenvalue weighted by Crippen LogP contribution is -2.58. The molecule has 0 unspecified atom stereocenters. The summed E-state index contributed by atoms with van der Waals surface area (Å²) in [5, 5.41) is 13.3. The maximum Gasteiger partial charge on any atom is 0.329 e. The van der Waals surface area contributed by atoms with Crippen molar-refractivity contribution in [1.29, 1.82) is 0 Å². The highest BCUT2D eigenvalue weighted by molar-refractivity contribution is 9.10. The van der Waals surface area contributed by atoms with Crippen LogP contribution in [0.1, 0.15) is 18.5 Å². The lowest BCUT2D eigenvalue weighted by molar-refractivity contribution is -0.152. The number of nitrogens with one attached hydrogen (secondary N) is 1. The van der Waals surface area contributed by atoms with Gasteiger partial charge in [0.1, 0.15) is 12.1 Å². The van der Waals surface area contributed by atoms with E-state index in [2.05, 4.69) is 21.2 Å². The Hall–Kier alpha value is -1.86. The highest BCUT2D eigenvalue weighted by atomic mass is 79.9. The Bertz CT molecular complexity index is 793. The predicted molar refractivity (Wildman–Crippen MR) is 92.9 cm³/mol. The molecule has 0 radical (unpaired) electrons. The topological polar surface area (TPSA) is 80.6 Å². The van der Waals surface area contributed by atoms with Crippen molar-refractivity contribution in [1.82, 2.24) is 9.88 Å². The van der Waals surface area contributed by atoms with Crippen molar-refractivity contribution >= 4 is 38.7 Å². The van der Waals surface area contributed by atoms with Crippen molar-refractivity contribution in [3.63, 3.8) is 0 Å². The number of amides is 1. The third-order valence-corrected chi connectivity index (χ3v) is 5.59. The van der Waals surface area contributed by atoms with Crippen LogP contribution in [-0.2, 0) is 20.9 Å². The first-order chi connectivity index (χ1) is 11.4. The predicted octanol–water partition coefficient (Wildman–Crippen LogP) is 2.46. The van der Waals surface area contributed by atoms with Gasteiger partial charge in [-0.05, 0) is 28.9 Å². The van der Waals surface area contributed by atoms with E-state index in [-0.39, 0.29) is 25.3 Å². The molecule has 24 heavy (non-hydrogen) atoms. The maximum absolute atomic E-state index is 12.5. The fourth-order valence-electron chi connectivity index (χ4n) is 3.15. The number of para-hydroxylation sites is 1. The summed E-state index contributed by atoms with van der Waals surface area (Å²) < 4.78 is 8.07. The van der Waals surface area contributed by atoms with Gasteiger partial charge in [-0.1, -0.05) is 18.2 Å². The van der Waals surface area contributed by atoms with E-state index in [9.17, 15) is 14.7 Å². The summed E-state index contributed by atoms with van der Waals surface area (Å²) in [6.07, 6.45) is 0.562. The molecule has 1 aliphatic rings. The maximum atomic E-state index is 12.5. The van der Waals surface area contributed by atoms with Crippen LogP contribution in [0.2, 0.25) is 0 Å². The van der Waals surface area contributed by atoms with Crippen LogP contribution in [0.3, 0.4) is 0 Å². The Morgan fingerprint density at radius 3 is 2.67 bits per heavy atom. The number of hydrogen-bond donors (Lipinski definition) is 2. The minimum Gasteiger partial charge on any atom is -0.480 e. The molecule has 0 spiro atoms. The summed E-state index contributed by atoms with van der Waals surface area (Å²) >= 11 is 3.56. The van der Waals surface area contributed by atoms with Gasteiger partial charge in [-0.3, -0.25) is 4.79 Å². The summed E-state index contributed by atoms with van der Waals surface area (Å²) in [6, 6.07) is 7.79. The molecule has 2 heterocycles. The number of carboxylic acid groups (broad SMARTS) is 1. The number of rotatable bonds is 4. The zero-order valence-electron chi connectivity index (χ0n) is 13.3. The molecular formula is C17H19BrN2O4. The van der Waals surface area contributed by atoms with Gasteiger partial charge in [0.15, 0.2) is 0 Å². The molecule has 3 rings (SSSR count). The first kappa shape index (κ1) is 17.0. The van der Waals surface area contributed by atoms with Crippen molar-refractivity contribution in [2.24, 2.45) is 0 Å². The Labute approximate surface area is 147 Å². The number of fused-ring (bicyclic) bond motifs is 1. The molecule has 0 bridgehead atoms. The van der Waals surface area contributed by atoms with Gasteiger partial charge in [-0.2, -0.15) is 0 Å². The van der Waals surface area contributed by atoms with Crippen LogP contribution in [0.4, 0.5) is 0 Å².